The SMILES string of the molecule is COc1ccc([C@@H]2CC(c3ccc([N+](=O)[O-])cc3)=NN2c2ccccc2)cc1. The van der Waals surface area contributed by atoms with Gasteiger partial charge in [0.2, 0.25) is 0 Å². The number of ether oxygens (including phenoxy) is 1. The molecule has 0 saturated carbocycles. The maximum Gasteiger partial charge on any atom is 0.269 e. The lowest BCUT2D eigenvalue weighted by molar-refractivity contribution is -0.384. The highest BCUT2D eigenvalue weighted by Crippen LogP contribution is 2.37. The Hall–Kier alpha value is -3.67. The van der Waals surface area contributed by atoms with Crippen molar-refractivity contribution >= 4 is 17.1 Å². The summed E-state index contributed by atoms with van der Waals surface area (Å²) in [4.78, 5) is 10.5. The number of methoxy groups -OCH3 is 1. The van der Waals surface area contributed by atoms with Gasteiger partial charge < -0.3 is 4.74 Å². The normalized spacial score (nSPS) is 16.0. The van der Waals surface area contributed by atoms with E-state index in [-0.39, 0.29) is 11.7 Å². The summed E-state index contributed by atoms with van der Waals surface area (Å²) < 4.78 is 5.27. The average Bonchev–Trinajstić information content (AvgIpc) is 3.20. The van der Waals surface area contributed by atoms with Crippen LogP contribution >= 0.6 is 0 Å². The van der Waals surface area contributed by atoms with E-state index in [0.29, 0.717) is 6.42 Å². The van der Waals surface area contributed by atoms with Gasteiger partial charge in [0.05, 0.1) is 29.5 Å². The zero-order chi connectivity index (χ0) is 19.5. The van der Waals surface area contributed by atoms with Crippen LogP contribution in [-0.4, -0.2) is 17.7 Å². The minimum Gasteiger partial charge on any atom is -0.497 e. The number of anilines is 1. The summed E-state index contributed by atoms with van der Waals surface area (Å²) in [6.07, 6.45) is 0.707. The van der Waals surface area contributed by atoms with E-state index >= 15 is 0 Å². The van der Waals surface area contributed by atoms with Gasteiger partial charge in [-0.3, -0.25) is 15.1 Å². The predicted octanol–water partition coefficient (Wildman–Crippen LogP) is 4.96. The van der Waals surface area contributed by atoms with E-state index in [1.165, 1.54) is 12.1 Å². The van der Waals surface area contributed by atoms with Crippen LogP contribution in [0.2, 0.25) is 0 Å². The zero-order valence-corrected chi connectivity index (χ0v) is 15.4. The molecule has 6 heteroatoms. The number of rotatable bonds is 5. The van der Waals surface area contributed by atoms with Crippen LogP contribution < -0.4 is 9.75 Å². The van der Waals surface area contributed by atoms with Crippen LogP contribution in [0.1, 0.15) is 23.6 Å². The van der Waals surface area contributed by atoms with Crippen molar-refractivity contribution in [2.24, 2.45) is 5.10 Å². The van der Waals surface area contributed by atoms with Gasteiger partial charge in [-0.2, -0.15) is 5.10 Å². The van der Waals surface area contributed by atoms with Crippen LogP contribution in [0.4, 0.5) is 11.4 Å². The third-order valence-electron chi connectivity index (χ3n) is 4.84. The molecule has 1 heterocycles. The Balaban J connectivity index is 1.69. The van der Waals surface area contributed by atoms with Gasteiger partial charge in [-0.15, -0.1) is 0 Å². The highest BCUT2D eigenvalue weighted by atomic mass is 16.6. The lowest BCUT2D eigenvalue weighted by Gasteiger charge is -2.24. The number of nitrogens with zero attached hydrogens (tertiary/aromatic N) is 3. The number of nitro benzene ring substituents is 1. The van der Waals surface area contributed by atoms with Crippen LogP contribution in [0.15, 0.2) is 84.0 Å². The second-order valence-electron chi connectivity index (χ2n) is 6.52. The van der Waals surface area contributed by atoms with Gasteiger partial charge in [0, 0.05) is 18.6 Å². The Morgan fingerprint density at radius 3 is 2.29 bits per heavy atom. The molecule has 0 saturated heterocycles. The zero-order valence-electron chi connectivity index (χ0n) is 15.4. The first-order valence-electron chi connectivity index (χ1n) is 8.96. The van der Waals surface area contributed by atoms with Gasteiger partial charge in [0.15, 0.2) is 0 Å². The second-order valence-corrected chi connectivity index (χ2v) is 6.52. The van der Waals surface area contributed by atoms with Gasteiger partial charge >= 0.3 is 0 Å². The Kier molecular flexibility index (Phi) is 4.76. The van der Waals surface area contributed by atoms with E-state index in [4.69, 9.17) is 9.84 Å². The summed E-state index contributed by atoms with van der Waals surface area (Å²) in [5, 5.41) is 17.8. The van der Waals surface area contributed by atoms with Crippen molar-refractivity contribution in [3.8, 4) is 5.75 Å². The molecule has 1 atom stereocenters. The number of hydrazone groups is 1. The predicted molar refractivity (Wildman–Crippen MR) is 109 cm³/mol. The van der Waals surface area contributed by atoms with Crippen molar-refractivity contribution in [1.82, 2.24) is 0 Å². The number of benzene rings is 3. The van der Waals surface area contributed by atoms with Crippen LogP contribution in [0.3, 0.4) is 0 Å². The van der Waals surface area contributed by atoms with Crippen molar-refractivity contribution in [3.05, 3.63) is 100 Å². The van der Waals surface area contributed by atoms with Crippen LogP contribution in [0.25, 0.3) is 0 Å². The van der Waals surface area contributed by atoms with Gasteiger partial charge in [0.25, 0.3) is 5.69 Å². The summed E-state index contributed by atoms with van der Waals surface area (Å²) in [5.74, 6) is 0.810. The quantitative estimate of drug-likeness (QED) is 0.468. The molecule has 0 bridgehead atoms. The van der Waals surface area contributed by atoms with Gasteiger partial charge in [-0.05, 0) is 47.5 Å². The fourth-order valence-electron chi connectivity index (χ4n) is 3.36. The van der Waals surface area contributed by atoms with E-state index < -0.39 is 4.92 Å². The molecular weight excluding hydrogens is 354 g/mol. The Labute approximate surface area is 162 Å². The van der Waals surface area contributed by atoms with Crippen LogP contribution in [-0.2, 0) is 0 Å². The largest absolute Gasteiger partial charge is 0.497 e. The molecule has 6 nitrogen and oxygen atoms in total. The van der Waals surface area contributed by atoms with E-state index in [0.717, 1.165) is 28.3 Å². The molecule has 0 aromatic heterocycles. The second kappa shape index (κ2) is 7.52. The van der Waals surface area contributed by atoms with E-state index in [9.17, 15) is 10.1 Å². The van der Waals surface area contributed by atoms with Crippen molar-refractivity contribution in [2.45, 2.75) is 12.5 Å². The fourth-order valence-corrected chi connectivity index (χ4v) is 3.36. The number of hydrogen-bond acceptors (Lipinski definition) is 5. The van der Waals surface area contributed by atoms with Crippen molar-refractivity contribution in [3.63, 3.8) is 0 Å². The molecule has 1 aliphatic heterocycles. The highest BCUT2D eigenvalue weighted by Gasteiger charge is 2.30. The molecule has 0 unspecified atom stereocenters. The molecule has 140 valence electrons. The third kappa shape index (κ3) is 3.44. The smallest absolute Gasteiger partial charge is 0.269 e. The first-order chi connectivity index (χ1) is 13.7. The van der Waals surface area contributed by atoms with Gasteiger partial charge in [-0.25, -0.2) is 0 Å². The minimum absolute atomic E-state index is 0.0403. The molecule has 0 N–H and O–H groups in total. The van der Waals surface area contributed by atoms with Crippen LogP contribution in [0, 0.1) is 10.1 Å². The van der Waals surface area contributed by atoms with E-state index in [1.54, 1.807) is 19.2 Å². The third-order valence-corrected chi connectivity index (χ3v) is 4.84. The summed E-state index contributed by atoms with van der Waals surface area (Å²) in [7, 11) is 1.65. The molecule has 1 aliphatic rings. The van der Waals surface area contributed by atoms with Gasteiger partial charge in [-0.1, -0.05) is 30.3 Å². The first-order valence-corrected chi connectivity index (χ1v) is 8.96. The summed E-state index contributed by atoms with van der Waals surface area (Å²) in [6, 6.07) is 24.6. The average molecular weight is 373 g/mol. The van der Waals surface area contributed by atoms with E-state index in [2.05, 4.69) is 0 Å². The Bertz CT molecular complexity index is 999. The standard InChI is InChI=1S/C22H19N3O3/c1-28-20-13-9-17(10-14-20)22-15-21(16-7-11-19(12-8-16)25(26)27)23-24(22)18-5-3-2-4-6-18/h2-14,22H,15H2,1H3/t22-/m0/s1. The van der Waals surface area contributed by atoms with Crippen molar-refractivity contribution in [1.29, 1.82) is 0 Å². The highest BCUT2D eigenvalue weighted by molar-refractivity contribution is 6.03. The lowest BCUT2D eigenvalue weighted by Crippen LogP contribution is -2.18. The summed E-state index contributed by atoms with van der Waals surface area (Å²) in [5.41, 5.74) is 4.00. The molecule has 0 radical (unpaired) electrons. The number of hydrogen-bond donors (Lipinski definition) is 0. The molecule has 0 amide bonds. The first kappa shape index (κ1) is 17.7. The number of para-hydroxylation sites is 1. The molecule has 0 spiro atoms. The molecule has 0 fully saturated rings. The fraction of sp³-hybridized carbons (Fsp3) is 0.136. The number of non-ortho nitro benzene ring substituents is 1. The van der Waals surface area contributed by atoms with Gasteiger partial charge in [0.1, 0.15) is 5.75 Å². The topological polar surface area (TPSA) is 68.0 Å². The van der Waals surface area contributed by atoms with Crippen LogP contribution in [0.5, 0.6) is 5.75 Å². The van der Waals surface area contributed by atoms with Crippen molar-refractivity contribution in [2.75, 3.05) is 12.1 Å². The van der Waals surface area contributed by atoms with E-state index in [1.807, 2.05) is 59.6 Å². The summed E-state index contributed by atoms with van der Waals surface area (Å²) in [6.45, 7) is 0. The molecular formula is C22H19N3O3. The number of nitro groups is 1. The molecule has 28 heavy (non-hydrogen) atoms. The summed E-state index contributed by atoms with van der Waals surface area (Å²) >= 11 is 0. The Morgan fingerprint density at radius 1 is 1.00 bits per heavy atom. The molecule has 0 aliphatic carbocycles. The maximum atomic E-state index is 10.9. The monoisotopic (exact) mass is 373 g/mol. The maximum absolute atomic E-state index is 10.9. The lowest BCUT2D eigenvalue weighted by atomic mass is 9.98. The molecule has 3 aromatic rings. The minimum atomic E-state index is -0.392. The molecule has 3 aromatic carbocycles. The van der Waals surface area contributed by atoms with Crippen molar-refractivity contribution < 1.29 is 9.66 Å². The molecule has 4 rings (SSSR count). The Morgan fingerprint density at radius 2 is 1.68 bits per heavy atom.